The van der Waals surface area contributed by atoms with Gasteiger partial charge in [-0.25, -0.2) is 0 Å². The molecule has 1 atom stereocenters. The number of likely N-dealkylation sites (N-methyl/N-ethyl adjacent to an activating group) is 1. The van der Waals surface area contributed by atoms with Gasteiger partial charge in [-0.2, -0.15) is 0 Å². The molecule has 3 rings (SSSR count). The molecule has 2 aromatic rings. The SMILES string of the molecule is CCN(CC)CCNC(=O)C1CCCN(c2ccc(Sc3ccc(Br)cc3)nn2)C1. The van der Waals surface area contributed by atoms with Crippen molar-refractivity contribution in [3.8, 4) is 0 Å². The number of amides is 1. The summed E-state index contributed by atoms with van der Waals surface area (Å²) >= 11 is 5.04. The summed E-state index contributed by atoms with van der Waals surface area (Å²) in [5.74, 6) is 1.01. The minimum absolute atomic E-state index is 0.00840. The fourth-order valence-corrected chi connectivity index (χ4v) is 4.58. The van der Waals surface area contributed by atoms with Crippen LogP contribution in [0, 0.1) is 5.92 Å². The quantitative estimate of drug-likeness (QED) is 0.570. The van der Waals surface area contributed by atoms with Crippen LogP contribution in [0.25, 0.3) is 0 Å². The highest BCUT2D eigenvalue weighted by molar-refractivity contribution is 9.10. The van der Waals surface area contributed by atoms with Crippen molar-refractivity contribution < 1.29 is 4.79 Å². The number of anilines is 1. The normalized spacial score (nSPS) is 16.7. The van der Waals surface area contributed by atoms with Gasteiger partial charge in [-0.1, -0.05) is 41.5 Å². The summed E-state index contributed by atoms with van der Waals surface area (Å²) in [6.45, 7) is 9.54. The predicted molar refractivity (Wildman–Crippen MR) is 126 cm³/mol. The zero-order valence-electron chi connectivity index (χ0n) is 17.7. The molecule has 1 aliphatic heterocycles. The van der Waals surface area contributed by atoms with Crippen molar-refractivity contribution >= 4 is 39.4 Å². The summed E-state index contributed by atoms with van der Waals surface area (Å²) in [6, 6.07) is 12.2. The molecule has 0 radical (unpaired) electrons. The van der Waals surface area contributed by atoms with Gasteiger partial charge in [-0.3, -0.25) is 4.79 Å². The lowest BCUT2D eigenvalue weighted by atomic mass is 9.97. The molecular formula is C22H30BrN5OS. The second-order valence-electron chi connectivity index (χ2n) is 7.39. The summed E-state index contributed by atoms with van der Waals surface area (Å²) in [4.78, 5) is 18.2. The van der Waals surface area contributed by atoms with Crippen LogP contribution in [0.3, 0.4) is 0 Å². The molecule has 0 bridgehead atoms. The lowest BCUT2D eigenvalue weighted by molar-refractivity contribution is -0.125. The number of piperidine rings is 1. The molecule has 1 aliphatic rings. The van der Waals surface area contributed by atoms with Crippen LogP contribution in [-0.4, -0.2) is 60.3 Å². The lowest BCUT2D eigenvalue weighted by Crippen LogP contribution is -2.45. The Hall–Kier alpha value is -1.64. The third kappa shape index (κ3) is 6.68. The van der Waals surface area contributed by atoms with Crippen molar-refractivity contribution in [3.05, 3.63) is 40.9 Å². The van der Waals surface area contributed by atoms with E-state index in [2.05, 4.69) is 67.2 Å². The highest BCUT2D eigenvalue weighted by Gasteiger charge is 2.26. The van der Waals surface area contributed by atoms with Crippen molar-refractivity contribution in [2.24, 2.45) is 5.92 Å². The van der Waals surface area contributed by atoms with Crippen molar-refractivity contribution in [3.63, 3.8) is 0 Å². The molecule has 8 heteroatoms. The summed E-state index contributed by atoms with van der Waals surface area (Å²) < 4.78 is 1.06. The maximum absolute atomic E-state index is 12.6. The van der Waals surface area contributed by atoms with Gasteiger partial charge in [-0.15, -0.1) is 10.2 Å². The van der Waals surface area contributed by atoms with E-state index < -0.39 is 0 Å². The molecule has 1 unspecified atom stereocenters. The van der Waals surface area contributed by atoms with Crippen LogP contribution in [0.2, 0.25) is 0 Å². The van der Waals surface area contributed by atoms with Gasteiger partial charge < -0.3 is 15.1 Å². The Morgan fingerprint density at radius 1 is 1.20 bits per heavy atom. The van der Waals surface area contributed by atoms with Gasteiger partial charge in [0, 0.05) is 35.5 Å². The van der Waals surface area contributed by atoms with Crippen molar-refractivity contribution in [1.29, 1.82) is 0 Å². The average Bonchev–Trinajstić information content (AvgIpc) is 2.79. The van der Waals surface area contributed by atoms with Crippen molar-refractivity contribution in [2.75, 3.05) is 44.2 Å². The number of nitrogens with zero attached hydrogens (tertiary/aromatic N) is 4. The van der Waals surface area contributed by atoms with E-state index in [-0.39, 0.29) is 11.8 Å². The van der Waals surface area contributed by atoms with E-state index in [4.69, 9.17) is 0 Å². The van der Waals surface area contributed by atoms with Crippen LogP contribution >= 0.6 is 27.7 Å². The number of hydrogen-bond donors (Lipinski definition) is 1. The summed E-state index contributed by atoms with van der Waals surface area (Å²) in [5.41, 5.74) is 0. The highest BCUT2D eigenvalue weighted by atomic mass is 79.9. The smallest absolute Gasteiger partial charge is 0.224 e. The van der Waals surface area contributed by atoms with Gasteiger partial charge in [0.1, 0.15) is 5.03 Å². The van der Waals surface area contributed by atoms with Gasteiger partial charge in [-0.05, 0) is 62.3 Å². The Morgan fingerprint density at radius 3 is 2.63 bits per heavy atom. The molecule has 30 heavy (non-hydrogen) atoms. The first kappa shape index (κ1) is 23.0. The molecule has 0 saturated carbocycles. The van der Waals surface area contributed by atoms with E-state index in [9.17, 15) is 4.79 Å². The van der Waals surface area contributed by atoms with Gasteiger partial charge in [0.2, 0.25) is 5.91 Å². The minimum Gasteiger partial charge on any atom is -0.355 e. The number of benzene rings is 1. The number of hydrogen-bond acceptors (Lipinski definition) is 6. The molecule has 1 N–H and O–H groups in total. The third-order valence-corrected chi connectivity index (χ3v) is 6.86. The van der Waals surface area contributed by atoms with Gasteiger partial charge >= 0.3 is 0 Å². The molecule has 1 aromatic carbocycles. The standard InChI is InChI=1S/C22H30BrN5OS/c1-3-27(4-2)15-13-24-22(29)17-6-5-14-28(16-17)20-11-12-21(26-25-20)30-19-9-7-18(23)8-10-19/h7-12,17H,3-6,13-16H2,1-2H3,(H,24,29). The Balaban J connectivity index is 1.52. The molecule has 162 valence electrons. The second-order valence-corrected chi connectivity index (χ2v) is 9.40. The molecule has 1 saturated heterocycles. The Morgan fingerprint density at radius 2 is 1.97 bits per heavy atom. The molecule has 1 aromatic heterocycles. The zero-order valence-corrected chi connectivity index (χ0v) is 20.1. The van der Waals surface area contributed by atoms with E-state index in [1.165, 1.54) is 0 Å². The van der Waals surface area contributed by atoms with E-state index in [0.717, 1.165) is 59.2 Å². The minimum atomic E-state index is 0.00840. The van der Waals surface area contributed by atoms with Crippen LogP contribution in [0.4, 0.5) is 5.82 Å². The first-order valence-corrected chi connectivity index (χ1v) is 12.2. The van der Waals surface area contributed by atoms with E-state index >= 15 is 0 Å². The number of aromatic nitrogens is 2. The van der Waals surface area contributed by atoms with Gasteiger partial charge in [0.05, 0.1) is 5.92 Å². The Kier molecular flexibility index (Phi) is 8.96. The maximum atomic E-state index is 12.6. The molecule has 2 heterocycles. The molecule has 0 spiro atoms. The first-order chi connectivity index (χ1) is 14.6. The number of carbonyl (C=O) groups is 1. The average molecular weight is 492 g/mol. The third-order valence-electron chi connectivity index (χ3n) is 5.40. The van der Waals surface area contributed by atoms with E-state index in [0.29, 0.717) is 13.1 Å². The van der Waals surface area contributed by atoms with Crippen LogP contribution in [-0.2, 0) is 4.79 Å². The number of nitrogens with one attached hydrogen (secondary N) is 1. The second kappa shape index (κ2) is 11.7. The van der Waals surface area contributed by atoms with Gasteiger partial charge in [0.25, 0.3) is 0 Å². The number of carbonyl (C=O) groups excluding carboxylic acids is 1. The fraction of sp³-hybridized carbons (Fsp3) is 0.500. The summed E-state index contributed by atoms with van der Waals surface area (Å²) in [7, 11) is 0. The number of rotatable bonds is 9. The van der Waals surface area contributed by atoms with Crippen LogP contribution in [0.5, 0.6) is 0 Å². The fourth-order valence-electron chi connectivity index (χ4n) is 3.58. The summed E-state index contributed by atoms with van der Waals surface area (Å²) in [5, 5.41) is 12.8. The van der Waals surface area contributed by atoms with E-state index in [1.807, 2.05) is 24.3 Å². The van der Waals surface area contributed by atoms with E-state index in [1.54, 1.807) is 11.8 Å². The van der Waals surface area contributed by atoms with Gasteiger partial charge in [0.15, 0.2) is 5.82 Å². The molecule has 6 nitrogen and oxygen atoms in total. The molecule has 0 aliphatic carbocycles. The van der Waals surface area contributed by atoms with Crippen LogP contribution < -0.4 is 10.2 Å². The monoisotopic (exact) mass is 491 g/mol. The molecule has 1 fully saturated rings. The largest absolute Gasteiger partial charge is 0.355 e. The molecule has 1 amide bonds. The predicted octanol–water partition coefficient (Wildman–Crippen LogP) is 4.06. The highest BCUT2D eigenvalue weighted by Crippen LogP contribution is 2.28. The Labute approximate surface area is 191 Å². The lowest BCUT2D eigenvalue weighted by Gasteiger charge is -2.32. The van der Waals surface area contributed by atoms with Crippen molar-refractivity contribution in [2.45, 2.75) is 36.6 Å². The van der Waals surface area contributed by atoms with Crippen molar-refractivity contribution in [1.82, 2.24) is 20.4 Å². The van der Waals surface area contributed by atoms with Crippen LogP contribution in [0.1, 0.15) is 26.7 Å². The summed E-state index contributed by atoms with van der Waals surface area (Å²) in [6.07, 6.45) is 1.92. The first-order valence-electron chi connectivity index (χ1n) is 10.6. The zero-order chi connectivity index (χ0) is 21.3. The maximum Gasteiger partial charge on any atom is 0.224 e. The molecular weight excluding hydrogens is 462 g/mol. The van der Waals surface area contributed by atoms with Crippen LogP contribution in [0.15, 0.2) is 50.8 Å². The topological polar surface area (TPSA) is 61.4 Å². The number of halogens is 1. The Bertz CT molecular complexity index is 798.